The van der Waals surface area contributed by atoms with E-state index >= 15 is 0 Å². The van der Waals surface area contributed by atoms with Gasteiger partial charge in [0.15, 0.2) is 9.84 Å². The number of nitrogens with zero attached hydrogens (tertiary/aromatic N) is 1. The minimum atomic E-state index is -3.57. The smallest absolute Gasteiger partial charge is 0.269 e. The van der Waals surface area contributed by atoms with E-state index < -0.39 is 14.8 Å². The second-order valence-electron chi connectivity index (χ2n) is 4.22. The van der Waals surface area contributed by atoms with Crippen LogP contribution >= 0.6 is 0 Å². The van der Waals surface area contributed by atoms with Gasteiger partial charge in [0.25, 0.3) is 5.69 Å². The monoisotopic (exact) mass is 292 g/mol. The topological polar surface area (TPSA) is 103 Å². The highest BCUT2D eigenvalue weighted by Crippen LogP contribution is 2.23. The molecule has 0 aromatic heterocycles. The Kier molecular flexibility index (Phi) is 3.71. The molecule has 6 nitrogen and oxygen atoms in total. The normalized spacial score (nSPS) is 11.2. The van der Waals surface area contributed by atoms with Crippen molar-refractivity contribution in [1.29, 1.82) is 0 Å². The third kappa shape index (κ3) is 2.94. The van der Waals surface area contributed by atoms with E-state index in [4.69, 9.17) is 5.73 Å². The van der Waals surface area contributed by atoms with Gasteiger partial charge < -0.3 is 5.73 Å². The molecular weight excluding hydrogens is 280 g/mol. The van der Waals surface area contributed by atoms with E-state index in [1.54, 1.807) is 12.1 Å². The Bertz CT molecular complexity index is 739. The van der Waals surface area contributed by atoms with E-state index in [2.05, 4.69) is 0 Å². The molecular formula is C13H12N2O4S. The Labute approximate surface area is 115 Å². The van der Waals surface area contributed by atoms with Gasteiger partial charge >= 0.3 is 0 Å². The van der Waals surface area contributed by atoms with Gasteiger partial charge in [0.05, 0.1) is 21.3 Å². The Balaban J connectivity index is 2.29. The van der Waals surface area contributed by atoms with Crippen molar-refractivity contribution in [1.82, 2.24) is 0 Å². The van der Waals surface area contributed by atoms with Crippen molar-refractivity contribution in [2.75, 3.05) is 5.73 Å². The van der Waals surface area contributed by atoms with Crippen molar-refractivity contribution < 1.29 is 13.3 Å². The lowest BCUT2D eigenvalue weighted by Crippen LogP contribution is -2.07. The van der Waals surface area contributed by atoms with E-state index in [1.165, 1.54) is 36.4 Å². The Morgan fingerprint density at radius 1 is 1.05 bits per heavy atom. The van der Waals surface area contributed by atoms with Crippen molar-refractivity contribution in [2.24, 2.45) is 0 Å². The molecule has 0 aliphatic carbocycles. The molecule has 0 saturated heterocycles. The number of hydrogen-bond donors (Lipinski definition) is 1. The Morgan fingerprint density at radius 2 is 1.65 bits per heavy atom. The molecule has 0 fully saturated rings. The van der Waals surface area contributed by atoms with Crippen LogP contribution in [0.25, 0.3) is 0 Å². The second-order valence-corrected chi connectivity index (χ2v) is 6.18. The van der Waals surface area contributed by atoms with Crippen LogP contribution in [0.4, 0.5) is 11.4 Å². The number of anilines is 1. The fourth-order valence-corrected chi connectivity index (χ4v) is 3.27. The Hall–Kier alpha value is -2.41. The summed E-state index contributed by atoms with van der Waals surface area (Å²) in [6.45, 7) is 0. The second kappa shape index (κ2) is 5.30. The van der Waals surface area contributed by atoms with Crippen LogP contribution in [0.3, 0.4) is 0 Å². The van der Waals surface area contributed by atoms with E-state index in [9.17, 15) is 18.5 Å². The summed E-state index contributed by atoms with van der Waals surface area (Å²) in [6, 6.07) is 11.6. The summed E-state index contributed by atoms with van der Waals surface area (Å²) in [4.78, 5) is 10.1. The first-order valence-electron chi connectivity index (χ1n) is 5.71. The first kappa shape index (κ1) is 14.0. The predicted molar refractivity (Wildman–Crippen MR) is 74.8 cm³/mol. The summed E-state index contributed by atoms with van der Waals surface area (Å²) in [6.07, 6.45) is 0. The first-order valence-corrected chi connectivity index (χ1v) is 7.36. The average Bonchev–Trinajstić information content (AvgIpc) is 2.39. The summed E-state index contributed by atoms with van der Waals surface area (Å²) in [5.41, 5.74) is 6.24. The van der Waals surface area contributed by atoms with E-state index in [0.717, 1.165) is 0 Å². The highest BCUT2D eigenvalue weighted by molar-refractivity contribution is 7.90. The van der Waals surface area contributed by atoms with Gasteiger partial charge in [-0.3, -0.25) is 10.1 Å². The third-order valence-corrected chi connectivity index (χ3v) is 4.51. The lowest BCUT2D eigenvalue weighted by molar-refractivity contribution is -0.384. The highest BCUT2D eigenvalue weighted by atomic mass is 32.2. The van der Waals surface area contributed by atoms with Gasteiger partial charge in [-0.15, -0.1) is 0 Å². The third-order valence-electron chi connectivity index (χ3n) is 2.76. The summed E-state index contributed by atoms with van der Waals surface area (Å²) < 4.78 is 24.5. The van der Waals surface area contributed by atoms with Crippen LogP contribution in [0.2, 0.25) is 0 Å². The quantitative estimate of drug-likeness (QED) is 0.528. The number of non-ortho nitro benzene ring substituents is 1. The maximum atomic E-state index is 12.2. The van der Waals surface area contributed by atoms with Crippen molar-refractivity contribution in [3.05, 3.63) is 64.2 Å². The van der Waals surface area contributed by atoms with Crippen LogP contribution in [-0.4, -0.2) is 13.3 Å². The number of nitro groups is 1. The first-order chi connectivity index (χ1) is 9.40. The number of para-hydroxylation sites is 1. The highest BCUT2D eigenvalue weighted by Gasteiger charge is 2.18. The van der Waals surface area contributed by atoms with Crippen molar-refractivity contribution in [2.45, 2.75) is 10.6 Å². The van der Waals surface area contributed by atoms with E-state index in [-0.39, 0.29) is 22.0 Å². The summed E-state index contributed by atoms with van der Waals surface area (Å²) in [7, 11) is -3.57. The number of benzene rings is 2. The molecule has 2 aromatic carbocycles. The van der Waals surface area contributed by atoms with E-state index in [1.807, 2.05) is 0 Å². The van der Waals surface area contributed by atoms with Gasteiger partial charge in [-0.05, 0) is 17.7 Å². The minimum Gasteiger partial charge on any atom is -0.398 e. The summed E-state index contributed by atoms with van der Waals surface area (Å²) >= 11 is 0. The van der Waals surface area contributed by atoms with Gasteiger partial charge in [-0.25, -0.2) is 8.42 Å². The van der Waals surface area contributed by atoms with Gasteiger partial charge in [-0.2, -0.15) is 0 Å². The zero-order valence-electron chi connectivity index (χ0n) is 10.4. The van der Waals surface area contributed by atoms with Crippen LogP contribution in [-0.2, 0) is 15.6 Å². The largest absolute Gasteiger partial charge is 0.398 e. The molecule has 0 unspecified atom stereocenters. The average molecular weight is 292 g/mol. The van der Waals surface area contributed by atoms with Crippen LogP contribution in [0.5, 0.6) is 0 Å². The predicted octanol–water partition coefficient (Wildman–Crippen LogP) is 2.15. The maximum absolute atomic E-state index is 12.2. The molecule has 0 heterocycles. The molecule has 2 N–H and O–H groups in total. The molecule has 0 spiro atoms. The van der Waals surface area contributed by atoms with E-state index in [0.29, 0.717) is 5.56 Å². The molecule has 104 valence electrons. The molecule has 0 atom stereocenters. The molecule has 0 radical (unpaired) electrons. The fourth-order valence-electron chi connectivity index (χ4n) is 1.77. The molecule has 2 rings (SSSR count). The molecule has 0 aliphatic rings. The number of nitrogen functional groups attached to an aromatic ring is 1. The van der Waals surface area contributed by atoms with Crippen LogP contribution < -0.4 is 5.73 Å². The standard InChI is InChI=1S/C13H12N2O4S/c14-12-3-1-2-4-13(12)20(18,19)9-10-5-7-11(8-6-10)15(16)17/h1-8H,9,14H2. The molecule has 0 bridgehead atoms. The summed E-state index contributed by atoms with van der Waals surface area (Å²) in [5, 5.41) is 10.5. The lowest BCUT2D eigenvalue weighted by atomic mass is 10.2. The molecule has 7 heteroatoms. The van der Waals surface area contributed by atoms with Gasteiger partial charge in [-0.1, -0.05) is 24.3 Å². The van der Waals surface area contributed by atoms with Crippen LogP contribution in [0.1, 0.15) is 5.56 Å². The SMILES string of the molecule is Nc1ccccc1S(=O)(=O)Cc1ccc([N+](=O)[O-])cc1. The van der Waals surface area contributed by atoms with Crippen LogP contribution in [0, 0.1) is 10.1 Å². The minimum absolute atomic E-state index is 0.0679. The Morgan fingerprint density at radius 3 is 2.20 bits per heavy atom. The van der Waals surface area contributed by atoms with Crippen molar-refractivity contribution >= 4 is 21.2 Å². The zero-order valence-corrected chi connectivity index (χ0v) is 11.2. The zero-order chi connectivity index (χ0) is 14.8. The maximum Gasteiger partial charge on any atom is 0.269 e. The van der Waals surface area contributed by atoms with Gasteiger partial charge in [0, 0.05) is 12.1 Å². The lowest BCUT2D eigenvalue weighted by Gasteiger charge is -2.07. The molecule has 20 heavy (non-hydrogen) atoms. The van der Waals surface area contributed by atoms with Crippen molar-refractivity contribution in [3.63, 3.8) is 0 Å². The van der Waals surface area contributed by atoms with Crippen LogP contribution in [0.15, 0.2) is 53.4 Å². The molecule has 0 amide bonds. The molecule has 0 aliphatic heterocycles. The van der Waals surface area contributed by atoms with Gasteiger partial charge in [0.2, 0.25) is 0 Å². The summed E-state index contributed by atoms with van der Waals surface area (Å²) in [5.74, 6) is -0.251. The number of nitrogens with two attached hydrogens (primary N) is 1. The molecule has 2 aromatic rings. The fraction of sp³-hybridized carbons (Fsp3) is 0.0769. The number of rotatable bonds is 4. The number of sulfone groups is 1. The number of nitro benzene ring substituents is 1. The number of hydrogen-bond acceptors (Lipinski definition) is 5. The molecule has 0 saturated carbocycles. The van der Waals surface area contributed by atoms with Gasteiger partial charge in [0.1, 0.15) is 0 Å². The van der Waals surface area contributed by atoms with Crippen molar-refractivity contribution in [3.8, 4) is 0 Å².